The summed E-state index contributed by atoms with van der Waals surface area (Å²) in [5, 5.41) is 0.583. The van der Waals surface area contributed by atoms with Crippen LogP contribution >= 0.6 is 23.2 Å². The van der Waals surface area contributed by atoms with Crippen LogP contribution in [0.15, 0.2) is 48.8 Å². The summed E-state index contributed by atoms with van der Waals surface area (Å²) < 4.78 is 48.4. The topological polar surface area (TPSA) is 92.9 Å². The fraction of sp³-hybridized carbons (Fsp3) is 0.379. The summed E-state index contributed by atoms with van der Waals surface area (Å²) in [6.07, 6.45) is 6.29. The van der Waals surface area contributed by atoms with E-state index in [2.05, 4.69) is 9.72 Å². The fourth-order valence-electron chi connectivity index (χ4n) is 4.04. The second-order valence-electron chi connectivity index (χ2n) is 10.0. The Morgan fingerprint density at radius 1 is 0.925 bits per heavy atom. The highest BCUT2D eigenvalue weighted by Crippen LogP contribution is 2.38. The van der Waals surface area contributed by atoms with E-state index >= 15 is 0 Å². The second-order valence-corrected chi connectivity index (χ2v) is 10.8. The molecule has 0 spiro atoms. The van der Waals surface area contributed by atoms with E-state index < -0.39 is 18.7 Å². The van der Waals surface area contributed by atoms with E-state index in [4.69, 9.17) is 43.1 Å². The number of carbonyl (C=O) groups is 1. The largest absolute Gasteiger partial charge is 0.491 e. The number of anilines is 1. The lowest BCUT2D eigenvalue weighted by Gasteiger charge is -2.22. The van der Waals surface area contributed by atoms with Gasteiger partial charge in [0.25, 0.3) is 0 Å². The van der Waals surface area contributed by atoms with Crippen molar-refractivity contribution in [1.82, 2.24) is 4.98 Å². The molecule has 2 N–H and O–H groups in total. The van der Waals surface area contributed by atoms with Gasteiger partial charge < -0.3 is 24.7 Å². The summed E-state index contributed by atoms with van der Waals surface area (Å²) in [6, 6.07) is 9.13. The third-order valence-electron chi connectivity index (χ3n) is 6.74. The molecule has 2 aliphatic rings. The average Bonchev–Trinajstić information content (AvgIpc) is 3.84. The molecule has 2 aliphatic carbocycles. The lowest BCUT2D eigenvalue weighted by molar-refractivity contribution is -0.0515. The van der Waals surface area contributed by atoms with Crippen molar-refractivity contribution in [3.63, 3.8) is 0 Å². The molecule has 2 saturated carbocycles. The van der Waals surface area contributed by atoms with Crippen molar-refractivity contribution in [1.29, 1.82) is 0 Å². The monoisotopic (exact) mass is 592 g/mol. The number of rotatable bonds is 13. The zero-order chi connectivity index (χ0) is 28.2. The molecule has 1 aromatic heterocycles. The number of nitrogens with zero attached hydrogens (tertiary/aromatic N) is 1. The van der Waals surface area contributed by atoms with Gasteiger partial charge >= 0.3 is 12.6 Å². The maximum Gasteiger partial charge on any atom is 0.387 e. The Morgan fingerprint density at radius 2 is 1.57 bits per heavy atom. The zero-order valence-corrected chi connectivity index (χ0v) is 23.0. The van der Waals surface area contributed by atoms with Crippen LogP contribution in [0.25, 0.3) is 0 Å². The first kappa shape index (κ1) is 28.2. The molecule has 3 aromatic rings. The molecule has 1 heterocycles. The van der Waals surface area contributed by atoms with Crippen molar-refractivity contribution in [2.75, 3.05) is 18.9 Å². The number of esters is 1. The number of alkyl halides is 2. The van der Waals surface area contributed by atoms with Crippen LogP contribution in [0, 0.1) is 11.8 Å². The van der Waals surface area contributed by atoms with Gasteiger partial charge in [-0.2, -0.15) is 8.78 Å². The van der Waals surface area contributed by atoms with Crippen molar-refractivity contribution in [3.05, 3.63) is 75.5 Å². The molecular weight excluding hydrogens is 565 g/mol. The van der Waals surface area contributed by atoms with Gasteiger partial charge in [-0.3, -0.25) is 4.98 Å². The molecule has 2 aromatic carbocycles. The minimum atomic E-state index is -3.03. The molecule has 1 atom stereocenters. The molecular formula is C29H28Cl2F2N2O5. The number of halogens is 4. The number of nitrogen functional groups attached to an aromatic ring is 1. The van der Waals surface area contributed by atoms with E-state index in [-0.39, 0.29) is 23.5 Å². The smallest absolute Gasteiger partial charge is 0.387 e. The number of aromatic nitrogens is 1. The molecule has 0 saturated heterocycles. The lowest BCUT2D eigenvalue weighted by atomic mass is 10.0. The number of hydrogen-bond donors (Lipinski definition) is 1. The first-order valence-corrected chi connectivity index (χ1v) is 13.7. The number of nitrogens with two attached hydrogens (primary N) is 1. The van der Waals surface area contributed by atoms with Gasteiger partial charge in [0.05, 0.1) is 34.5 Å². The number of benzene rings is 2. The second kappa shape index (κ2) is 12.5. The SMILES string of the molecule is Nc1ccc(C(=O)OC(Cc2c(Cl)cncc2Cl)c2ccc(OC(F)F)c(OCC3CC3)c2)cc1OCC1CC1. The summed E-state index contributed by atoms with van der Waals surface area (Å²) in [7, 11) is 0. The highest BCUT2D eigenvalue weighted by Gasteiger charge is 2.27. The Hall–Kier alpha value is -3.30. The molecule has 0 bridgehead atoms. The predicted molar refractivity (Wildman–Crippen MR) is 146 cm³/mol. The molecule has 40 heavy (non-hydrogen) atoms. The van der Waals surface area contributed by atoms with Gasteiger partial charge in [0.2, 0.25) is 0 Å². The predicted octanol–water partition coefficient (Wildman–Crippen LogP) is 7.29. The van der Waals surface area contributed by atoms with Gasteiger partial charge in [0.15, 0.2) is 11.5 Å². The van der Waals surface area contributed by atoms with Crippen molar-refractivity contribution in [2.45, 2.75) is 44.8 Å². The Labute approximate surface area is 240 Å². The van der Waals surface area contributed by atoms with Crippen LogP contribution < -0.4 is 19.9 Å². The minimum Gasteiger partial charge on any atom is -0.491 e. The van der Waals surface area contributed by atoms with Crippen molar-refractivity contribution in [2.24, 2.45) is 11.8 Å². The van der Waals surface area contributed by atoms with Crippen LogP contribution in [0.1, 0.15) is 53.3 Å². The Morgan fingerprint density at radius 3 is 2.20 bits per heavy atom. The van der Waals surface area contributed by atoms with E-state index in [1.165, 1.54) is 30.6 Å². The molecule has 5 rings (SSSR count). The van der Waals surface area contributed by atoms with E-state index in [1.807, 2.05) is 0 Å². The van der Waals surface area contributed by atoms with Gasteiger partial charge in [0, 0.05) is 18.8 Å². The molecule has 0 aliphatic heterocycles. The van der Waals surface area contributed by atoms with Gasteiger partial charge in [0.1, 0.15) is 11.9 Å². The molecule has 7 nitrogen and oxygen atoms in total. The third-order valence-corrected chi connectivity index (χ3v) is 7.39. The van der Waals surface area contributed by atoms with Crippen LogP contribution in [0.5, 0.6) is 17.2 Å². The van der Waals surface area contributed by atoms with Gasteiger partial charge in [-0.15, -0.1) is 0 Å². The van der Waals surface area contributed by atoms with E-state index in [9.17, 15) is 13.6 Å². The molecule has 1 unspecified atom stereocenters. The zero-order valence-electron chi connectivity index (χ0n) is 21.5. The molecule has 0 amide bonds. The van der Waals surface area contributed by atoms with Crippen LogP contribution in [0.4, 0.5) is 14.5 Å². The van der Waals surface area contributed by atoms with Gasteiger partial charge in [-0.05, 0) is 79.0 Å². The number of carbonyl (C=O) groups excluding carboxylic acids is 1. The normalized spacial score (nSPS) is 15.5. The first-order chi connectivity index (χ1) is 19.3. The van der Waals surface area contributed by atoms with Crippen LogP contribution in [-0.2, 0) is 11.2 Å². The van der Waals surface area contributed by atoms with Crippen LogP contribution in [0.2, 0.25) is 10.0 Å². The summed E-state index contributed by atoms with van der Waals surface area (Å²) in [5.41, 5.74) is 7.69. The third kappa shape index (κ3) is 7.46. The van der Waals surface area contributed by atoms with Gasteiger partial charge in [-0.25, -0.2) is 4.79 Å². The maximum atomic E-state index is 13.4. The Bertz CT molecular complexity index is 1350. The summed E-state index contributed by atoms with van der Waals surface area (Å²) in [4.78, 5) is 17.4. The summed E-state index contributed by atoms with van der Waals surface area (Å²) in [5.74, 6) is 0.648. The van der Waals surface area contributed by atoms with Crippen molar-refractivity contribution < 1.29 is 32.5 Å². The van der Waals surface area contributed by atoms with E-state index in [0.29, 0.717) is 57.7 Å². The number of pyridine rings is 1. The Kier molecular flexibility index (Phi) is 8.81. The van der Waals surface area contributed by atoms with E-state index in [1.54, 1.807) is 18.2 Å². The Balaban J connectivity index is 1.44. The lowest BCUT2D eigenvalue weighted by Crippen LogP contribution is -2.16. The number of ether oxygens (including phenoxy) is 4. The van der Waals surface area contributed by atoms with Crippen molar-refractivity contribution in [3.8, 4) is 17.2 Å². The summed E-state index contributed by atoms with van der Waals surface area (Å²) in [6.45, 7) is -2.13. The van der Waals surface area contributed by atoms with E-state index in [0.717, 1.165) is 25.7 Å². The molecule has 0 radical (unpaired) electrons. The molecule has 212 valence electrons. The summed E-state index contributed by atoms with van der Waals surface area (Å²) >= 11 is 12.8. The van der Waals surface area contributed by atoms with Gasteiger partial charge in [-0.1, -0.05) is 29.3 Å². The minimum absolute atomic E-state index is 0.0864. The number of hydrogen-bond acceptors (Lipinski definition) is 7. The first-order valence-electron chi connectivity index (χ1n) is 13.0. The molecule has 2 fully saturated rings. The highest BCUT2D eigenvalue weighted by molar-refractivity contribution is 6.35. The average molecular weight is 593 g/mol. The molecule has 11 heteroatoms. The highest BCUT2D eigenvalue weighted by atomic mass is 35.5. The van der Waals surface area contributed by atoms with Crippen molar-refractivity contribution >= 4 is 34.9 Å². The fourth-order valence-corrected chi connectivity index (χ4v) is 4.56. The quantitative estimate of drug-likeness (QED) is 0.164. The standard InChI is InChI=1S/C29H28Cl2F2N2O5/c30-21-12-35-13-22(31)20(21)11-25(18-6-8-24(40-29(32)33)27(9-18)38-15-17-3-4-17)39-28(36)19-5-7-23(34)26(10-19)37-14-16-1-2-16/h5-10,12-13,16-17,25,29H,1-4,11,14-15,34H2. The van der Waals surface area contributed by atoms with Crippen LogP contribution in [0.3, 0.4) is 0 Å². The van der Waals surface area contributed by atoms with Crippen LogP contribution in [-0.4, -0.2) is 30.8 Å². The maximum absolute atomic E-state index is 13.4.